The van der Waals surface area contributed by atoms with Gasteiger partial charge in [0.05, 0.1) is 5.39 Å². The van der Waals surface area contributed by atoms with Gasteiger partial charge in [-0.3, -0.25) is 14.3 Å². The maximum absolute atomic E-state index is 13.5. The third-order valence-corrected chi connectivity index (χ3v) is 10.7. The third-order valence-electron chi connectivity index (χ3n) is 10.4. The molecule has 6 rings (SSSR count). The molecule has 1 saturated carbocycles. The van der Waals surface area contributed by atoms with Crippen LogP contribution >= 0.6 is 11.6 Å². The van der Waals surface area contributed by atoms with Crippen LogP contribution in [0.15, 0.2) is 70.4 Å². The largest absolute Gasteiger partial charge is 0.451 e. The second-order valence-electron chi connectivity index (χ2n) is 13.8. The van der Waals surface area contributed by atoms with Crippen molar-refractivity contribution in [1.82, 2.24) is 25.0 Å². The molecule has 2 fully saturated rings. The van der Waals surface area contributed by atoms with Gasteiger partial charge in [0.1, 0.15) is 18.2 Å². The monoisotopic (exact) mass is 643 g/mol. The number of fused-ring (bicyclic) bond motifs is 1. The van der Waals surface area contributed by atoms with Gasteiger partial charge in [0.2, 0.25) is 0 Å². The van der Waals surface area contributed by atoms with Crippen LogP contribution in [0.3, 0.4) is 0 Å². The molecule has 1 saturated heterocycles. The lowest BCUT2D eigenvalue weighted by molar-refractivity contribution is 0.0104. The van der Waals surface area contributed by atoms with Crippen molar-refractivity contribution in [2.24, 2.45) is 11.3 Å². The fraction of sp³-hybridized carbons (Fsp3) is 0.514. The van der Waals surface area contributed by atoms with Crippen molar-refractivity contribution in [2.75, 3.05) is 19.6 Å². The van der Waals surface area contributed by atoms with Gasteiger partial charge in [-0.1, -0.05) is 62.9 Å². The summed E-state index contributed by atoms with van der Waals surface area (Å²) in [5.74, 6) is 0.698. The minimum atomic E-state index is -0.367. The van der Waals surface area contributed by atoms with Crippen LogP contribution in [0.5, 0.6) is 0 Å². The van der Waals surface area contributed by atoms with Gasteiger partial charge < -0.3 is 14.6 Å². The van der Waals surface area contributed by atoms with E-state index in [0.717, 1.165) is 62.5 Å². The molecule has 1 aliphatic carbocycles. The zero-order valence-electron chi connectivity index (χ0n) is 27.1. The van der Waals surface area contributed by atoms with Gasteiger partial charge in [0.25, 0.3) is 5.91 Å². The zero-order valence-corrected chi connectivity index (χ0v) is 27.8. The predicted molar refractivity (Wildman–Crippen MR) is 182 cm³/mol. The average Bonchev–Trinajstić information content (AvgIpc) is 3.58. The molecule has 46 heavy (non-hydrogen) atoms. The summed E-state index contributed by atoms with van der Waals surface area (Å²) in [4.78, 5) is 33.3. The number of likely N-dealkylation sites (tertiary alicyclic amines) is 1. The number of aromatic nitrogens is 3. The second kappa shape index (κ2) is 14.5. The molecular formula is C37H46ClN5O3. The SMILES string of the molecule is CC(C)c1ccc2oc(C(=O)N[C@H](CCN3CCC(Cn4cncn4)(C4CCCCC4)CC3)Cc3ccc(Cl)cc3)cc(=O)c2c1. The molecule has 0 bridgehead atoms. The van der Waals surface area contributed by atoms with E-state index in [9.17, 15) is 9.59 Å². The van der Waals surface area contributed by atoms with E-state index in [4.69, 9.17) is 16.0 Å². The quantitative estimate of drug-likeness (QED) is 0.185. The number of benzene rings is 2. The topological polar surface area (TPSA) is 93.3 Å². The zero-order chi connectivity index (χ0) is 32.1. The number of nitrogens with one attached hydrogen (secondary N) is 1. The van der Waals surface area contributed by atoms with Gasteiger partial charge in [-0.2, -0.15) is 5.10 Å². The van der Waals surface area contributed by atoms with Crippen molar-refractivity contribution in [3.8, 4) is 0 Å². The van der Waals surface area contributed by atoms with Gasteiger partial charge >= 0.3 is 0 Å². The van der Waals surface area contributed by atoms with Gasteiger partial charge in [-0.05, 0) is 104 Å². The number of hydrogen-bond donors (Lipinski definition) is 1. The van der Waals surface area contributed by atoms with Gasteiger partial charge in [0.15, 0.2) is 11.2 Å². The second-order valence-corrected chi connectivity index (χ2v) is 14.2. The highest BCUT2D eigenvalue weighted by molar-refractivity contribution is 6.30. The molecule has 8 nitrogen and oxygen atoms in total. The highest BCUT2D eigenvalue weighted by Crippen LogP contribution is 2.47. The lowest BCUT2D eigenvalue weighted by Crippen LogP contribution is -2.48. The van der Waals surface area contributed by atoms with Gasteiger partial charge in [0, 0.05) is 30.2 Å². The Bertz CT molecular complexity index is 1650. The van der Waals surface area contributed by atoms with E-state index in [0.29, 0.717) is 22.4 Å². The van der Waals surface area contributed by atoms with E-state index in [2.05, 4.69) is 34.1 Å². The number of hydrogen-bond acceptors (Lipinski definition) is 6. The highest BCUT2D eigenvalue weighted by atomic mass is 35.5. The van der Waals surface area contributed by atoms with Crippen LogP contribution in [-0.2, 0) is 13.0 Å². The Balaban J connectivity index is 1.14. The number of piperidine rings is 1. The number of carbonyl (C=O) groups is 1. The molecule has 1 aliphatic heterocycles. The Labute approximate surface area is 276 Å². The van der Waals surface area contributed by atoms with Crippen molar-refractivity contribution < 1.29 is 9.21 Å². The molecule has 2 aromatic heterocycles. The molecule has 1 amide bonds. The van der Waals surface area contributed by atoms with Crippen LogP contribution in [0.1, 0.15) is 92.8 Å². The third kappa shape index (κ3) is 7.72. The fourth-order valence-electron chi connectivity index (χ4n) is 7.64. The number of nitrogens with zero attached hydrogens (tertiary/aromatic N) is 4. The Morgan fingerprint density at radius 3 is 2.52 bits per heavy atom. The molecular weight excluding hydrogens is 598 g/mol. The molecule has 0 spiro atoms. The first kappa shape index (κ1) is 32.5. The van der Waals surface area contributed by atoms with E-state index in [1.165, 1.54) is 38.2 Å². The summed E-state index contributed by atoms with van der Waals surface area (Å²) in [6.45, 7) is 8.05. The van der Waals surface area contributed by atoms with Crippen LogP contribution < -0.4 is 10.7 Å². The first-order valence-electron chi connectivity index (χ1n) is 17.0. The lowest BCUT2D eigenvalue weighted by atomic mass is 9.63. The average molecular weight is 644 g/mol. The van der Waals surface area contributed by atoms with Crippen LogP contribution in [0.25, 0.3) is 11.0 Å². The molecule has 0 unspecified atom stereocenters. The van der Waals surface area contributed by atoms with Crippen LogP contribution in [0.2, 0.25) is 5.02 Å². The predicted octanol–water partition coefficient (Wildman–Crippen LogP) is 7.26. The highest BCUT2D eigenvalue weighted by Gasteiger charge is 2.42. The minimum absolute atomic E-state index is 0.0410. The standard InChI is InChI=1S/C37H46ClN5O3/c1-26(2)28-10-13-34-32(21-28)33(44)22-35(46-34)36(45)41-31(20-27-8-11-30(38)12-9-27)14-17-42-18-15-37(16-19-42,23-43-25-39-24-40-43)29-6-4-3-5-7-29/h8-13,21-22,24-26,29,31H,3-7,14-20,23H2,1-2H3,(H,41,45)/t31-/m1/s1. The summed E-state index contributed by atoms with van der Waals surface area (Å²) in [6, 6.07) is 14.6. The summed E-state index contributed by atoms with van der Waals surface area (Å²) in [7, 11) is 0. The molecule has 1 atom stereocenters. The normalized spacial score (nSPS) is 18.2. The van der Waals surface area contributed by atoms with Crippen molar-refractivity contribution >= 4 is 28.5 Å². The van der Waals surface area contributed by atoms with Crippen molar-refractivity contribution in [3.63, 3.8) is 0 Å². The van der Waals surface area contributed by atoms with E-state index in [1.807, 2.05) is 47.4 Å². The van der Waals surface area contributed by atoms with Crippen LogP contribution in [0, 0.1) is 11.3 Å². The van der Waals surface area contributed by atoms with Crippen molar-refractivity contribution in [1.29, 1.82) is 0 Å². The molecule has 2 aromatic carbocycles. The molecule has 244 valence electrons. The molecule has 9 heteroatoms. The number of rotatable bonds is 11. The number of amides is 1. The maximum Gasteiger partial charge on any atom is 0.287 e. The summed E-state index contributed by atoms with van der Waals surface area (Å²) in [5, 5.41) is 8.86. The molecule has 1 N–H and O–H groups in total. The van der Waals surface area contributed by atoms with Crippen LogP contribution in [0.4, 0.5) is 0 Å². The van der Waals surface area contributed by atoms with E-state index in [-0.39, 0.29) is 34.5 Å². The molecule has 3 heterocycles. The first-order valence-corrected chi connectivity index (χ1v) is 17.3. The van der Waals surface area contributed by atoms with Crippen LogP contribution in [-0.4, -0.2) is 51.2 Å². The lowest BCUT2D eigenvalue weighted by Gasteiger charge is -2.48. The summed E-state index contributed by atoms with van der Waals surface area (Å²) >= 11 is 6.16. The fourth-order valence-corrected chi connectivity index (χ4v) is 7.77. The number of halogens is 1. The van der Waals surface area contributed by atoms with E-state index < -0.39 is 0 Å². The van der Waals surface area contributed by atoms with Crippen molar-refractivity contribution in [2.45, 2.75) is 90.1 Å². The summed E-state index contributed by atoms with van der Waals surface area (Å²) in [5.41, 5.74) is 2.64. The summed E-state index contributed by atoms with van der Waals surface area (Å²) < 4.78 is 8.01. The molecule has 4 aromatic rings. The van der Waals surface area contributed by atoms with Crippen molar-refractivity contribution in [3.05, 3.63) is 93.3 Å². The summed E-state index contributed by atoms with van der Waals surface area (Å²) in [6.07, 6.45) is 13.9. The Hall–Kier alpha value is -3.49. The van der Waals surface area contributed by atoms with E-state index >= 15 is 0 Å². The first-order chi connectivity index (χ1) is 22.3. The Morgan fingerprint density at radius 1 is 1.07 bits per heavy atom. The minimum Gasteiger partial charge on any atom is -0.451 e. The van der Waals surface area contributed by atoms with E-state index in [1.54, 1.807) is 12.4 Å². The number of carbonyl (C=O) groups excluding carboxylic acids is 1. The smallest absolute Gasteiger partial charge is 0.287 e. The molecule has 0 radical (unpaired) electrons. The Morgan fingerprint density at radius 2 is 1.83 bits per heavy atom. The van der Waals surface area contributed by atoms with Gasteiger partial charge in [-0.15, -0.1) is 0 Å². The molecule has 2 aliphatic rings. The Kier molecular flexibility index (Phi) is 10.2. The maximum atomic E-state index is 13.5. The van der Waals surface area contributed by atoms with Gasteiger partial charge in [-0.25, -0.2) is 4.98 Å².